The Morgan fingerprint density at radius 1 is 1.28 bits per heavy atom. The van der Waals surface area contributed by atoms with Gasteiger partial charge in [-0.1, -0.05) is 44.2 Å². The predicted molar refractivity (Wildman–Crippen MR) is 77.6 cm³/mol. The Bertz CT molecular complexity index is 336. The van der Waals surface area contributed by atoms with Crippen molar-refractivity contribution in [3.63, 3.8) is 0 Å². The zero-order valence-corrected chi connectivity index (χ0v) is 11.7. The average Bonchev–Trinajstić information content (AvgIpc) is 2.39. The molecule has 1 aliphatic rings. The van der Waals surface area contributed by atoms with E-state index in [0.717, 1.165) is 19.0 Å². The van der Waals surface area contributed by atoms with Crippen LogP contribution in [0.25, 0.3) is 0 Å². The van der Waals surface area contributed by atoms with E-state index in [-0.39, 0.29) is 0 Å². The molecule has 2 unspecified atom stereocenters. The molecule has 1 saturated heterocycles. The maximum absolute atomic E-state index is 3.66. The number of benzene rings is 1. The summed E-state index contributed by atoms with van der Waals surface area (Å²) in [5, 5.41) is 3.66. The van der Waals surface area contributed by atoms with Crippen LogP contribution in [0.2, 0.25) is 0 Å². The molecule has 1 N–H and O–H groups in total. The minimum atomic E-state index is 0.678. The van der Waals surface area contributed by atoms with Crippen molar-refractivity contribution in [3.8, 4) is 0 Å². The molecule has 2 heteroatoms. The summed E-state index contributed by atoms with van der Waals surface area (Å²) in [4.78, 5) is 2.55. The second kappa shape index (κ2) is 6.91. The first-order valence-electron chi connectivity index (χ1n) is 7.27. The molecule has 18 heavy (non-hydrogen) atoms. The first-order chi connectivity index (χ1) is 8.78. The SMILES string of the molecule is CCN(Cc1ccccc1)CC1CC(C)CCN1. The Morgan fingerprint density at radius 2 is 2.06 bits per heavy atom. The molecule has 100 valence electrons. The molecule has 0 spiro atoms. The lowest BCUT2D eigenvalue weighted by molar-refractivity contribution is 0.207. The molecule has 1 fully saturated rings. The van der Waals surface area contributed by atoms with Gasteiger partial charge in [-0.2, -0.15) is 0 Å². The molecular weight excluding hydrogens is 220 g/mol. The van der Waals surface area contributed by atoms with Gasteiger partial charge in [0.25, 0.3) is 0 Å². The van der Waals surface area contributed by atoms with Gasteiger partial charge in [0, 0.05) is 19.1 Å². The molecule has 0 aromatic heterocycles. The molecule has 1 aromatic rings. The van der Waals surface area contributed by atoms with E-state index < -0.39 is 0 Å². The van der Waals surface area contributed by atoms with Gasteiger partial charge in [0.1, 0.15) is 0 Å². The molecule has 0 saturated carbocycles. The van der Waals surface area contributed by atoms with Gasteiger partial charge in [-0.15, -0.1) is 0 Å². The quantitative estimate of drug-likeness (QED) is 0.859. The molecule has 1 heterocycles. The Morgan fingerprint density at radius 3 is 2.72 bits per heavy atom. The van der Waals surface area contributed by atoms with Crippen LogP contribution in [-0.4, -0.2) is 30.6 Å². The van der Waals surface area contributed by atoms with Crippen molar-refractivity contribution in [2.45, 2.75) is 39.3 Å². The number of nitrogens with one attached hydrogen (secondary N) is 1. The fourth-order valence-corrected chi connectivity index (χ4v) is 2.82. The van der Waals surface area contributed by atoms with Gasteiger partial charge in [-0.3, -0.25) is 4.90 Å². The van der Waals surface area contributed by atoms with Crippen LogP contribution in [0.3, 0.4) is 0 Å². The van der Waals surface area contributed by atoms with Gasteiger partial charge in [0.15, 0.2) is 0 Å². The summed E-state index contributed by atoms with van der Waals surface area (Å²) < 4.78 is 0. The first-order valence-corrected chi connectivity index (χ1v) is 7.27. The molecule has 0 amide bonds. The van der Waals surface area contributed by atoms with E-state index in [0.29, 0.717) is 6.04 Å². The maximum Gasteiger partial charge on any atom is 0.0234 e. The molecule has 1 aromatic carbocycles. The van der Waals surface area contributed by atoms with E-state index in [1.54, 1.807) is 0 Å². The van der Waals surface area contributed by atoms with Crippen LogP contribution in [-0.2, 0) is 6.54 Å². The van der Waals surface area contributed by atoms with E-state index in [2.05, 4.69) is 54.4 Å². The standard InChI is InChI=1S/C16H26N2/c1-3-18(12-15-7-5-4-6-8-15)13-16-11-14(2)9-10-17-16/h4-8,14,16-17H,3,9-13H2,1-2H3. The predicted octanol–water partition coefficient (Wildman–Crippen LogP) is 2.90. The lowest BCUT2D eigenvalue weighted by Gasteiger charge is -2.32. The zero-order chi connectivity index (χ0) is 12.8. The smallest absolute Gasteiger partial charge is 0.0234 e. The van der Waals surface area contributed by atoms with Crippen LogP contribution in [0.5, 0.6) is 0 Å². The highest BCUT2D eigenvalue weighted by Crippen LogP contribution is 2.16. The molecule has 2 atom stereocenters. The molecule has 0 radical (unpaired) electrons. The van der Waals surface area contributed by atoms with Crippen LogP contribution < -0.4 is 5.32 Å². The van der Waals surface area contributed by atoms with Crippen LogP contribution >= 0.6 is 0 Å². The highest BCUT2D eigenvalue weighted by molar-refractivity contribution is 5.14. The van der Waals surface area contributed by atoms with Gasteiger partial charge < -0.3 is 5.32 Å². The highest BCUT2D eigenvalue weighted by atomic mass is 15.1. The molecule has 2 rings (SSSR count). The van der Waals surface area contributed by atoms with E-state index in [4.69, 9.17) is 0 Å². The molecule has 1 aliphatic heterocycles. The van der Waals surface area contributed by atoms with E-state index in [1.807, 2.05) is 0 Å². The Labute approximate surface area is 111 Å². The van der Waals surface area contributed by atoms with Crippen molar-refractivity contribution in [1.29, 1.82) is 0 Å². The van der Waals surface area contributed by atoms with Gasteiger partial charge in [0.05, 0.1) is 0 Å². The molecule has 0 aliphatic carbocycles. The van der Waals surface area contributed by atoms with E-state index >= 15 is 0 Å². The molecular formula is C16H26N2. The maximum atomic E-state index is 3.66. The second-order valence-corrected chi connectivity index (χ2v) is 5.59. The third kappa shape index (κ3) is 4.11. The van der Waals surface area contributed by atoms with Crippen molar-refractivity contribution in [2.24, 2.45) is 5.92 Å². The van der Waals surface area contributed by atoms with E-state index in [1.165, 1.54) is 31.5 Å². The van der Waals surface area contributed by atoms with Crippen LogP contribution in [0.15, 0.2) is 30.3 Å². The number of piperidine rings is 1. The summed E-state index contributed by atoms with van der Waals surface area (Å²) in [6.45, 7) is 9.20. The van der Waals surface area contributed by atoms with Crippen molar-refractivity contribution in [3.05, 3.63) is 35.9 Å². The van der Waals surface area contributed by atoms with Gasteiger partial charge in [-0.25, -0.2) is 0 Å². The van der Waals surface area contributed by atoms with Gasteiger partial charge in [-0.05, 0) is 37.4 Å². The minimum Gasteiger partial charge on any atom is -0.313 e. The van der Waals surface area contributed by atoms with Crippen molar-refractivity contribution in [1.82, 2.24) is 10.2 Å². The zero-order valence-electron chi connectivity index (χ0n) is 11.7. The number of hydrogen-bond acceptors (Lipinski definition) is 2. The number of hydrogen-bond donors (Lipinski definition) is 1. The fourth-order valence-electron chi connectivity index (χ4n) is 2.82. The van der Waals surface area contributed by atoms with E-state index in [9.17, 15) is 0 Å². The summed E-state index contributed by atoms with van der Waals surface area (Å²) in [5.41, 5.74) is 1.42. The summed E-state index contributed by atoms with van der Waals surface area (Å²) >= 11 is 0. The Hall–Kier alpha value is -0.860. The molecule has 0 bridgehead atoms. The van der Waals surface area contributed by atoms with Crippen molar-refractivity contribution in [2.75, 3.05) is 19.6 Å². The number of rotatable bonds is 5. The Balaban J connectivity index is 1.85. The normalized spacial score (nSPS) is 24.4. The fraction of sp³-hybridized carbons (Fsp3) is 0.625. The monoisotopic (exact) mass is 246 g/mol. The molecule has 2 nitrogen and oxygen atoms in total. The van der Waals surface area contributed by atoms with Gasteiger partial charge >= 0.3 is 0 Å². The summed E-state index contributed by atoms with van der Waals surface area (Å²) in [5.74, 6) is 0.881. The highest BCUT2D eigenvalue weighted by Gasteiger charge is 2.20. The third-order valence-electron chi connectivity index (χ3n) is 3.93. The summed E-state index contributed by atoms with van der Waals surface area (Å²) in [6, 6.07) is 11.5. The number of nitrogens with zero attached hydrogens (tertiary/aromatic N) is 1. The first kappa shape index (κ1) is 13.6. The van der Waals surface area contributed by atoms with Gasteiger partial charge in [0.2, 0.25) is 0 Å². The summed E-state index contributed by atoms with van der Waals surface area (Å²) in [7, 11) is 0. The average molecular weight is 246 g/mol. The topological polar surface area (TPSA) is 15.3 Å². The summed E-state index contributed by atoms with van der Waals surface area (Å²) in [6.07, 6.45) is 2.66. The van der Waals surface area contributed by atoms with Crippen LogP contribution in [0, 0.1) is 5.92 Å². The van der Waals surface area contributed by atoms with Crippen LogP contribution in [0.1, 0.15) is 32.3 Å². The lowest BCUT2D eigenvalue weighted by atomic mass is 9.94. The van der Waals surface area contributed by atoms with Crippen molar-refractivity contribution >= 4 is 0 Å². The largest absolute Gasteiger partial charge is 0.313 e. The number of likely N-dealkylation sites (N-methyl/N-ethyl adjacent to an activating group) is 1. The second-order valence-electron chi connectivity index (χ2n) is 5.59. The lowest BCUT2D eigenvalue weighted by Crippen LogP contribution is -2.45. The third-order valence-corrected chi connectivity index (χ3v) is 3.93. The Kier molecular flexibility index (Phi) is 5.21. The van der Waals surface area contributed by atoms with Crippen LogP contribution in [0.4, 0.5) is 0 Å². The van der Waals surface area contributed by atoms with Crippen molar-refractivity contribution < 1.29 is 0 Å². The minimum absolute atomic E-state index is 0.678.